The predicted octanol–water partition coefficient (Wildman–Crippen LogP) is 3.26. The largest absolute Gasteiger partial charge is 0.361 e. The fourth-order valence-corrected chi connectivity index (χ4v) is 4.51. The summed E-state index contributed by atoms with van der Waals surface area (Å²) >= 11 is 1.54. The van der Waals surface area contributed by atoms with Crippen LogP contribution in [0.3, 0.4) is 0 Å². The predicted molar refractivity (Wildman–Crippen MR) is 100 cm³/mol. The van der Waals surface area contributed by atoms with E-state index in [0.717, 1.165) is 35.8 Å². The normalized spacial score (nSPS) is 16.2. The molecular formula is C19H25N3O3S. The molecule has 0 saturated carbocycles. The molecule has 0 spiro atoms. The number of nitrogens with zero attached hydrogens (tertiary/aromatic N) is 1. The Morgan fingerprint density at radius 1 is 1.35 bits per heavy atom. The van der Waals surface area contributed by atoms with Gasteiger partial charge in [-0.15, -0.1) is 11.3 Å². The fraction of sp³-hybridized carbons (Fsp3) is 0.526. The van der Waals surface area contributed by atoms with Crippen molar-refractivity contribution < 1.29 is 14.1 Å². The van der Waals surface area contributed by atoms with Crippen LogP contribution in [0.2, 0.25) is 0 Å². The average Bonchev–Trinajstić information content (AvgIpc) is 3.20. The fourth-order valence-electron chi connectivity index (χ4n) is 3.41. The van der Waals surface area contributed by atoms with Crippen molar-refractivity contribution in [3.05, 3.63) is 38.4 Å². The molecule has 0 bridgehead atoms. The monoisotopic (exact) mass is 375 g/mol. The zero-order valence-electron chi connectivity index (χ0n) is 15.5. The Morgan fingerprint density at radius 2 is 2.15 bits per heavy atom. The lowest BCUT2D eigenvalue weighted by Gasteiger charge is -2.19. The quantitative estimate of drug-likeness (QED) is 0.786. The highest BCUT2D eigenvalue weighted by molar-refractivity contribution is 7.14. The molecule has 2 amide bonds. The van der Waals surface area contributed by atoms with Gasteiger partial charge in [-0.25, -0.2) is 0 Å². The molecule has 6 nitrogen and oxygen atoms in total. The van der Waals surface area contributed by atoms with Gasteiger partial charge in [-0.2, -0.15) is 0 Å². The zero-order valence-corrected chi connectivity index (χ0v) is 16.3. The minimum atomic E-state index is -0.247. The smallest absolute Gasteiger partial charge is 0.279 e. The van der Waals surface area contributed by atoms with Gasteiger partial charge in [0.15, 0.2) is 0 Å². The summed E-state index contributed by atoms with van der Waals surface area (Å²) in [6.07, 6.45) is 5.29. The van der Waals surface area contributed by atoms with Crippen molar-refractivity contribution in [2.24, 2.45) is 5.92 Å². The van der Waals surface area contributed by atoms with Crippen molar-refractivity contribution in [2.75, 3.05) is 0 Å². The first-order valence-electron chi connectivity index (χ1n) is 9.10. The van der Waals surface area contributed by atoms with Crippen molar-refractivity contribution in [2.45, 2.75) is 59.3 Å². The number of hydrogen-bond acceptors (Lipinski definition) is 5. The maximum Gasteiger partial charge on any atom is 0.279 e. The van der Waals surface area contributed by atoms with Crippen molar-refractivity contribution in [1.82, 2.24) is 16.0 Å². The Kier molecular flexibility index (Phi) is 5.76. The molecule has 1 atom stereocenters. The highest BCUT2D eigenvalue weighted by Crippen LogP contribution is 2.33. The summed E-state index contributed by atoms with van der Waals surface area (Å²) < 4.78 is 5.09. The van der Waals surface area contributed by atoms with E-state index in [2.05, 4.69) is 22.9 Å². The maximum atomic E-state index is 12.3. The van der Waals surface area contributed by atoms with Gasteiger partial charge in [0, 0.05) is 16.9 Å². The van der Waals surface area contributed by atoms with E-state index < -0.39 is 0 Å². The molecule has 0 aromatic carbocycles. The van der Waals surface area contributed by atoms with Crippen molar-refractivity contribution >= 4 is 23.2 Å². The minimum absolute atomic E-state index is 0.231. The van der Waals surface area contributed by atoms with Gasteiger partial charge >= 0.3 is 0 Å². The lowest BCUT2D eigenvalue weighted by atomic mass is 9.87. The highest BCUT2D eigenvalue weighted by atomic mass is 32.1. The number of carbonyl (C=O) groups is 2. The summed E-state index contributed by atoms with van der Waals surface area (Å²) in [4.78, 5) is 26.3. The topological polar surface area (TPSA) is 84.2 Å². The Labute approximate surface area is 157 Å². The first-order chi connectivity index (χ1) is 12.5. The third-order valence-electron chi connectivity index (χ3n) is 5.08. The van der Waals surface area contributed by atoms with Gasteiger partial charge in [0.05, 0.1) is 10.6 Å². The van der Waals surface area contributed by atoms with Crippen molar-refractivity contribution in [3.63, 3.8) is 0 Å². The molecule has 7 heteroatoms. The second-order valence-corrected chi connectivity index (χ2v) is 8.02. The number of nitrogens with one attached hydrogen (secondary N) is 2. The van der Waals surface area contributed by atoms with Gasteiger partial charge in [0.1, 0.15) is 5.76 Å². The third-order valence-corrected chi connectivity index (χ3v) is 6.32. The number of hydrazine groups is 1. The molecule has 2 N–H and O–H groups in total. The van der Waals surface area contributed by atoms with Crippen LogP contribution < -0.4 is 10.9 Å². The van der Waals surface area contributed by atoms with E-state index in [0.29, 0.717) is 11.3 Å². The number of carbonyl (C=O) groups excluding carboxylic acids is 2. The van der Waals surface area contributed by atoms with Gasteiger partial charge in [0.25, 0.3) is 5.91 Å². The van der Waals surface area contributed by atoms with E-state index in [1.54, 1.807) is 0 Å². The SMILES string of the molecule is CC[C@H]1CCc2sc(C(=O)NNC(=O)CCc3c(C)noc3C)cc2C1. The van der Waals surface area contributed by atoms with Crippen LogP contribution in [-0.4, -0.2) is 17.0 Å². The second-order valence-electron chi connectivity index (χ2n) is 6.88. The minimum Gasteiger partial charge on any atom is -0.361 e. The number of fused-ring (bicyclic) bond motifs is 1. The van der Waals surface area contributed by atoms with Gasteiger partial charge < -0.3 is 4.52 Å². The van der Waals surface area contributed by atoms with Gasteiger partial charge in [0.2, 0.25) is 5.91 Å². The molecule has 0 saturated heterocycles. The number of amides is 2. The number of hydrogen-bond donors (Lipinski definition) is 2. The molecule has 1 aliphatic rings. The lowest BCUT2D eigenvalue weighted by Crippen LogP contribution is -2.41. The Hall–Kier alpha value is -2.15. The lowest BCUT2D eigenvalue weighted by molar-refractivity contribution is -0.121. The number of rotatable bonds is 5. The van der Waals surface area contributed by atoms with E-state index >= 15 is 0 Å². The van der Waals surface area contributed by atoms with E-state index in [9.17, 15) is 9.59 Å². The summed E-state index contributed by atoms with van der Waals surface area (Å²) in [5.74, 6) is 0.972. The molecule has 0 radical (unpaired) electrons. The molecule has 1 aliphatic carbocycles. The van der Waals surface area contributed by atoms with Crippen LogP contribution in [0.15, 0.2) is 10.6 Å². The summed E-state index contributed by atoms with van der Waals surface area (Å²) in [5.41, 5.74) is 8.07. The molecular weight excluding hydrogens is 350 g/mol. The van der Waals surface area contributed by atoms with Gasteiger partial charge in [-0.05, 0) is 57.1 Å². The third kappa shape index (κ3) is 4.15. The van der Waals surface area contributed by atoms with E-state index in [4.69, 9.17) is 4.52 Å². The van der Waals surface area contributed by atoms with Gasteiger partial charge in [-0.3, -0.25) is 20.4 Å². The molecule has 140 valence electrons. The van der Waals surface area contributed by atoms with Crippen LogP contribution in [0.4, 0.5) is 0 Å². The first-order valence-corrected chi connectivity index (χ1v) is 9.92. The van der Waals surface area contributed by atoms with E-state index in [-0.39, 0.29) is 18.2 Å². The van der Waals surface area contributed by atoms with Crippen LogP contribution in [0.5, 0.6) is 0 Å². The summed E-state index contributed by atoms with van der Waals surface area (Å²) in [7, 11) is 0. The Morgan fingerprint density at radius 3 is 2.85 bits per heavy atom. The molecule has 2 aromatic heterocycles. The molecule has 2 aromatic rings. The second kappa shape index (κ2) is 8.03. The Balaban J connectivity index is 1.50. The van der Waals surface area contributed by atoms with Crippen LogP contribution in [0, 0.1) is 19.8 Å². The molecule has 2 heterocycles. The van der Waals surface area contributed by atoms with Crippen molar-refractivity contribution in [1.29, 1.82) is 0 Å². The molecule has 3 rings (SSSR count). The van der Waals surface area contributed by atoms with Crippen LogP contribution in [-0.2, 0) is 24.1 Å². The average molecular weight is 375 g/mol. The standard InChI is InChI=1S/C19H25N3O3S/c1-4-13-5-7-16-14(9-13)10-17(26-16)19(24)21-20-18(23)8-6-15-11(2)22-25-12(15)3/h10,13H,4-9H2,1-3H3,(H,20,23)(H,21,24)/t13-/m0/s1. The number of aryl methyl sites for hydroxylation is 3. The van der Waals surface area contributed by atoms with Crippen LogP contribution in [0.1, 0.15) is 63.3 Å². The molecule has 0 unspecified atom stereocenters. The number of aromatic nitrogens is 1. The Bertz CT molecular complexity index is 790. The summed E-state index contributed by atoms with van der Waals surface area (Å²) in [6.45, 7) is 5.90. The van der Waals surface area contributed by atoms with Crippen molar-refractivity contribution in [3.8, 4) is 0 Å². The maximum absolute atomic E-state index is 12.3. The van der Waals surface area contributed by atoms with E-state index in [1.165, 1.54) is 34.6 Å². The molecule has 0 fully saturated rings. The molecule has 0 aliphatic heterocycles. The molecule has 26 heavy (non-hydrogen) atoms. The first kappa shape index (κ1) is 18.6. The van der Waals surface area contributed by atoms with Crippen LogP contribution >= 0.6 is 11.3 Å². The highest BCUT2D eigenvalue weighted by Gasteiger charge is 2.22. The summed E-state index contributed by atoms with van der Waals surface area (Å²) in [6, 6.07) is 1.98. The summed E-state index contributed by atoms with van der Waals surface area (Å²) in [5, 5.41) is 3.88. The van der Waals surface area contributed by atoms with Crippen LogP contribution in [0.25, 0.3) is 0 Å². The number of thiophene rings is 1. The van der Waals surface area contributed by atoms with E-state index in [1.807, 2.05) is 19.9 Å². The zero-order chi connectivity index (χ0) is 18.7. The van der Waals surface area contributed by atoms with Gasteiger partial charge in [-0.1, -0.05) is 18.5 Å².